The molecule has 3 rings (SSSR count). The number of hydrogen-bond acceptors (Lipinski definition) is 4. The second kappa shape index (κ2) is 6.80. The van der Waals surface area contributed by atoms with E-state index in [1.807, 2.05) is 31.3 Å². The highest BCUT2D eigenvalue weighted by Crippen LogP contribution is 2.33. The number of carbonyl (C=O) groups is 1. The summed E-state index contributed by atoms with van der Waals surface area (Å²) in [5.74, 6) is -0.130. The Kier molecular flexibility index (Phi) is 4.57. The Labute approximate surface area is 140 Å². The van der Waals surface area contributed by atoms with Crippen LogP contribution in [0, 0.1) is 10.1 Å². The smallest absolute Gasteiger partial charge is 0.269 e. The van der Waals surface area contributed by atoms with E-state index in [1.165, 1.54) is 24.3 Å². The van der Waals surface area contributed by atoms with Crippen LogP contribution >= 0.6 is 0 Å². The molecule has 0 aliphatic carbocycles. The molecule has 0 saturated heterocycles. The summed E-state index contributed by atoms with van der Waals surface area (Å²) in [7, 11) is 1.93. The fourth-order valence-corrected chi connectivity index (χ4v) is 3.15. The van der Waals surface area contributed by atoms with Gasteiger partial charge in [0.2, 0.25) is 0 Å². The Morgan fingerprint density at radius 2 is 1.92 bits per heavy atom. The molecule has 0 radical (unpaired) electrons. The highest BCUT2D eigenvalue weighted by Gasteiger charge is 2.26. The van der Waals surface area contributed by atoms with Crippen molar-refractivity contribution in [3.05, 3.63) is 69.8 Å². The molecule has 0 bridgehead atoms. The van der Waals surface area contributed by atoms with E-state index in [0.29, 0.717) is 12.1 Å². The van der Waals surface area contributed by atoms with Crippen molar-refractivity contribution in [1.82, 2.24) is 5.32 Å². The largest absolute Gasteiger partial charge is 0.313 e. The standard InChI is InChI=1S/C18H19N3O3/c1-19-16-6-4-12-20(17-7-3-2-5-15(16)17)18(22)13-8-10-14(11-9-13)21(23)24/h2-3,5,7-11,16,19H,4,6,12H2,1H3/t16-/m0/s1. The Hall–Kier alpha value is -2.73. The van der Waals surface area contributed by atoms with Crippen molar-refractivity contribution in [2.45, 2.75) is 18.9 Å². The Balaban J connectivity index is 1.95. The van der Waals surface area contributed by atoms with Crippen LogP contribution < -0.4 is 10.2 Å². The molecular weight excluding hydrogens is 306 g/mol. The molecule has 0 fully saturated rings. The minimum absolute atomic E-state index is 0.0157. The number of benzene rings is 2. The van der Waals surface area contributed by atoms with Crippen LogP contribution in [-0.4, -0.2) is 24.4 Å². The number of fused-ring (bicyclic) bond motifs is 1. The average Bonchev–Trinajstić information content (AvgIpc) is 2.80. The van der Waals surface area contributed by atoms with Crippen LogP contribution in [0.5, 0.6) is 0 Å². The van der Waals surface area contributed by atoms with Crippen LogP contribution in [-0.2, 0) is 0 Å². The maximum absolute atomic E-state index is 12.9. The molecule has 0 unspecified atom stereocenters. The summed E-state index contributed by atoms with van der Waals surface area (Å²) in [4.78, 5) is 25.0. The fourth-order valence-electron chi connectivity index (χ4n) is 3.15. The van der Waals surface area contributed by atoms with E-state index < -0.39 is 4.92 Å². The Morgan fingerprint density at radius 1 is 1.21 bits per heavy atom. The highest BCUT2D eigenvalue weighted by atomic mass is 16.6. The first-order valence-corrected chi connectivity index (χ1v) is 7.94. The number of hydrogen-bond donors (Lipinski definition) is 1. The molecule has 0 aromatic heterocycles. The number of non-ortho nitro benzene ring substituents is 1. The topological polar surface area (TPSA) is 75.5 Å². The number of nitro benzene ring substituents is 1. The summed E-state index contributed by atoms with van der Waals surface area (Å²) in [5, 5.41) is 14.1. The van der Waals surface area contributed by atoms with Gasteiger partial charge >= 0.3 is 0 Å². The second-order valence-electron chi connectivity index (χ2n) is 5.80. The molecule has 1 N–H and O–H groups in total. The number of nitro groups is 1. The van der Waals surface area contributed by atoms with Gasteiger partial charge in [0.15, 0.2) is 0 Å². The molecule has 0 saturated carbocycles. The lowest BCUT2D eigenvalue weighted by molar-refractivity contribution is -0.384. The van der Waals surface area contributed by atoms with Gasteiger partial charge in [-0.05, 0) is 43.7 Å². The first-order chi connectivity index (χ1) is 11.6. The van der Waals surface area contributed by atoms with E-state index in [2.05, 4.69) is 5.32 Å². The van der Waals surface area contributed by atoms with E-state index in [-0.39, 0.29) is 17.6 Å². The van der Waals surface area contributed by atoms with Gasteiger partial charge in [-0.25, -0.2) is 0 Å². The van der Waals surface area contributed by atoms with E-state index in [9.17, 15) is 14.9 Å². The summed E-state index contributed by atoms with van der Waals surface area (Å²) >= 11 is 0. The van der Waals surface area contributed by atoms with Crippen molar-refractivity contribution in [2.24, 2.45) is 0 Å². The minimum atomic E-state index is -0.465. The van der Waals surface area contributed by atoms with Crippen molar-refractivity contribution in [2.75, 3.05) is 18.5 Å². The van der Waals surface area contributed by atoms with Gasteiger partial charge in [0.25, 0.3) is 11.6 Å². The predicted octanol–water partition coefficient (Wildman–Crippen LogP) is 3.30. The maximum Gasteiger partial charge on any atom is 0.269 e. The zero-order valence-corrected chi connectivity index (χ0v) is 13.4. The van der Waals surface area contributed by atoms with Crippen molar-refractivity contribution >= 4 is 17.3 Å². The lowest BCUT2D eigenvalue weighted by Crippen LogP contribution is -2.31. The van der Waals surface area contributed by atoms with Crippen molar-refractivity contribution in [3.63, 3.8) is 0 Å². The molecule has 124 valence electrons. The van der Waals surface area contributed by atoms with Gasteiger partial charge in [0, 0.05) is 36.0 Å². The third-order valence-corrected chi connectivity index (χ3v) is 4.40. The second-order valence-corrected chi connectivity index (χ2v) is 5.80. The van der Waals surface area contributed by atoms with Gasteiger partial charge in [-0.1, -0.05) is 18.2 Å². The van der Waals surface area contributed by atoms with E-state index >= 15 is 0 Å². The third-order valence-electron chi connectivity index (χ3n) is 4.40. The summed E-state index contributed by atoms with van der Waals surface area (Å²) in [5.41, 5.74) is 2.45. The normalized spacial score (nSPS) is 17.0. The first-order valence-electron chi connectivity index (χ1n) is 7.94. The van der Waals surface area contributed by atoms with Gasteiger partial charge in [-0.2, -0.15) is 0 Å². The van der Waals surface area contributed by atoms with Gasteiger partial charge in [0.05, 0.1) is 4.92 Å². The van der Waals surface area contributed by atoms with E-state index in [0.717, 1.165) is 24.1 Å². The first kappa shape index (κ1) is 16.1. The van der Waals surface area contributed by atoms with Crippen LogP contribution in [0.25, 0.3) is 0 Å². The van der Waals surface area contributed by atoms with E-state index in [1.54, 1.807) is 4.90 Å². The molecule has 1 aliphatic heterocycles. The monoisotopic (exact) mass is 325 g/mol. The number of nitrogens with zero attached hydrogens (tertiary/aromatic N) is 2. The third kappa shape index (κ3) is 3.00. The molecular formula is C18H19N3O3. The Bertz CT molecular complexity index is 758. The number of amides is 1. The molecule has 24 heavy (non-hydrogen) atoms. The molecule has 1 heterocycles. The van der Waals surface area contributed by atoms with Crippen LogP contribution in [0.4, 0.5) is 11.4 Å². The van der Waals surface area contributed by atoms with Gasteiger partial charge in [-0.3, -0.25) is 14.9 Å². The van der Waals surface area contributed by atoms with Crippen LogP contribution in [0.1, 0.15) is 34.8 Å². The number of nitrogens with one attached hydrogen (secondary N) is 1. The van der Waals surface area contributed by atoms with E-state index in [4.69, 9.17) is 0 Å². The Morgan fingerprint density at radius 3 is 2.58 bits per heavy atom. The van der Waals surface area contributed by atoms with Gasteiger partial charge in [-0.15, -0.1) is 0 Å². The van der Waals surface area contributed by atoms with Gasteiger partial charge < -0.3 is 10.2 Å². The molecule has 1 atom stereocenters. The van der Waals surface area contributed by atoms with Crippen LogP contribution in [0.15, 0.2) is 48.5 Å². The summed E-state index contributed by atoms with van der Waals surface area (Å²) in [6.07, 6.45) is 1.84. The van der Waals surface area contributed by atoms with Crippen LogP contribution in [0.3, 0.4) is 0 Å². The molecule has 6 nitrogen and oxygen atoms in total. The molecule has 1 aliphatic rings. The summed E-state index contributed by atoms with van der Waals surface area (Å²) in [6.45, 7) is 0.630. The molecule has 6 heteroatoms. The summed E-state index contributed by atoms with van der Waals surface area (Å²) < 4.78 is 0. The highest BCUT2D eigenvalue weighted by molar-refractivity contribution is 6.06. The average molecular weight is 325 g/mol. The predicted molar refractivity (Wildman–Crippen MR) is 92.2 cm³/mol. The minimum Gasteiger partial charge on any atom is -0.313 e. The number of carbonyl (C=O) groups excluding carboxylic acids is 1. The zero-order chi connectivity index (χ0) is 17.1. The number of anilines is 1. The fraction of sp³-hybridized carbons (Fsp3) is 0.278. The lowest BCUT2D eigenvalue weighted by atomic mass is 10.0. The van der Waals surface area contributed by atoms with Crippen molar-refractivity contribution in [1.29, 1.82) is 0 Å². The quantitative estimate of drug-likeness (QED) is 0.694. The molecule has 1 amide bonds. The van der Waals surface area contributed by atoms with Crippen molar-refractivity contribution < 1.29 is 9.72 Å². The number of para-hydroxylation sites is 1. The molecule has 2 aromatic rings. The zero-order valence-electron chi connectivity index (χ0n) is 13.4. The lowest BCUT2D eigenvalue weighted by Gasteiger charge is -2.24. The molecule has 2 aromatic carbocycles. The maximum atomic E-state index is 12.9. The SMILES string of the molecule is CN[C@H]1CCCN(C(=O)c2ccc([N+](=O)[O-])cc2)c2ccccc21. The number of rotatable bonds is 3. The van der Waals surface area contributed by atoms with Crippen LogP contribution in [0.2, 0.25) is 0 Å². The van der Waals surface area contributed by atoms with Gasteiger partial charge in [0.1, 0.15) is 0 Å². The molecule has 0 spiro atoms. The van der Waals surface area contributed by atoms with Crippen molar-refractivity contribution in [3.8, 4) is 0 Å². The summed E-state index contributed by atoms with van der Waals surface area (Å²) in [6, 6.07) is 13.9.